The Kier molecular flexibility index (Phi) is 13.5. The van der Waals surface area contributed by atoms with E-state index in [0.717, 1.165) is 38.5 Å². The fourth-order valence-corrected chi connectivity index (χ4v) is 1.99. The Labute approximate surface area is 146 Å². The minimum absolute atomic E-state index is 0.0176. The van der Waals surface area contributed by atoms with E-state index in [4.69, 9.17) is 14.6 Å². The second kappa shape index (κ2) is 14.2. The highest BCUT2D eigenvalue weighted by Crippen LogP contribution is 2.07. The number of ether oxygens (including phenoxy) is 2. The number of carbonyl (C=O) groups is 2. The summed E-state index contributed by atoms with van der Waals surface area (Å²) in [6, 6.07) is -0.673. The Morgan fingerprint density at radius 2 is 1.54 bits per heavy atom. The Balaban J connectivity index is 4.42. The molecule has 6 heteroatoms. The Morgan fingerprint density at radius 3 is 2.12 bits per heavy atom. The zero-order chi connectivity index (χ0) is 18.4. The van der Waals surface area contributed by atoms with Crippen molar-refractivity contribution in [3.05, 3.63) is 0 Å². The van der Waals surface area contributed by atoms with Crippen molar-refractivity contribution in [1.29, 1.82) is 0 Å². The molecule has 0 saturated heterocycles. The second-order valence-electron chi connectivity index (χ2n) is 6.21. The number of hydrogen-bond acceptors (Lipinski definition) is 6. The minimum atomic E-state index is -0.673. The summed E-state index contributed by atoms with van der Waals surface area (Å²) >= 11 is 0. The van der Waals surface area contributed by atoms with Gasteiger partial charge in [-0.05, 0) is 46.1 Å². The Morgan fingerprint density at radius 1 is 0.958 bits per heavy atom. The lowest BCUT2D eigenvalue weighted by Crippen LogP contribution is -2.42. The van der Waals surface area contributed by atoms with Gasteiger partial charge in [-0.1, -0.05) is 26.7 Å². The number of esters is 2. The SMILES string of the molecule is CCC(C)OC(=O)CC(NCCCCCCO)C(=O)OC(C)CC. The van der Waals surface area contributed by atoms with Crippen molar-refractivity contribution in [3.8, 4) is 0 Å². The monoisotopic (exact) mass is 345 g/mol. The van der Waals surface area contributed by atoms with Gasteiger partial charge in [0, 0.05) is 6.61 Å². The van der Waals surface area contributed by atoms with E-state index in [1.165, 1.54) is 0 Å². The van der Waals surface area contributed by atoms with Crippen molar-refractivity contribution >= 4 is 11.9 Å². The van der Waals surface area contributed by atoms with Crippen LogP contribution in [0.25, 0.3) is 0 Å². The van der Waals surface area contributed by atoms with E-state index >= 15 is 0 Å². The number of nitrogens with one attached hydrogen (secondary N) is 1. The maximum Gasteiger partial charge on any atom is 0.324 e. The Bertz CT molecular complexity index is 348. The van der Waals surface area contributed by atoms with Crippen molar-refractivity contribution in [2.45, 2.75) is 90.9 Å². The molecule has 0 amide bonds. The number of aliphatic hydroxyl groups is 1. The summed E-state index contributed by atoms with van der Waals surface area (Å²) in [4.78, 5) is 24.2. The van der Waals surface area contributed by atoms with Gasteiger partial charge in [0.1, 0.15) is 6.04 Å². The lowest BCUT2D eigenvalue weighted by molar-refractivity contribution is -0.157. The molecular formula is C18H35NO5. The van der Waals surface area contributed by atoms with Gasteiger partial charge in [-0.3, -0.25) is 9.59 Å². The van der Waals surface area contributed by atoms with Gasteiger partial charge in [0.15, 0.2) is 0 Å². The zero-order valence-electron chi connectivity index (χ0n) is 15.7. The second-order valence-corrected chi connectivity index (χ2v) is 6.21. The molecule has 0 aliphatic carbocycles. The summed E-state index contributed by atoms with van der Waals surface area (Å²) < 4.78 is 10.6. The highest BCUT2D eigenvalue weighted by atomic mass is 16.6. The molecule has 0 bridgehead atoms. The molecule has 0 rings (SSSR count). The van der Waals surface area contributed by atoms with Crippen molar-refractivity contribution < 1.29 is 24.2 Å². The molecule has 0 aromatic carbocycles. The molecule has 3 unspecified atom stereocenters. The number of unbranched alkanes of at least 4 members (excludes halogenated alkanes) is 3. The average Bonchev–Trinajstić information content (AvgIpc) is 2.56. The van der Waals surface area contributed by atoms with Gasteiger partial charge >= 0.3 is 11.9 Å². The molecule has 0 aliphatic heterocycles. The zero-order valence-corrected chi connectivity index (χ0v) is 15.7. The van der Waals surface area contributed by atoms with E-state index < -0.39 is 12.0 Å². The molecule has 0 fully saturated rings. The molecule has 0 aliphatic rings. The maximum atomic E-state index is 12.2. The van der Waals surface area contributed by atoms with E-state index in [1.54, 1.807) is 0 Å². The van der Waals surface area contributed by atoms with Crippen molar-refractivity contribution in [2.75, 3.05) is 13.2 Å². The van der Waals surface area contributed by atoms with Crippen molar-refractivity contribution in [3.63, 3.8) is 0 Å². The molecule has 0 radical (unpaired) electrons. The Hall–Kier alpha value is -1.14. The van der Waals surface area contributed by atoms with E-state index in [0.29, 0.717) is 6.54 Å². The molecule has 0 saturated carbocycles. The third-order valence-electron chi connectivity index (χ3n) is 3.93. The molecule has 0 aromatic heterocycles. The van der Waals surface area contributed by atoms with Gasteiger partial charge in [0.2, 0.25) is 0 Å². The molecule has 0 heterocycles. The average molecular weight is 345 g/mol. The third kappa shape index (κ3) is 11.4. The molecule has 142 valence electrons. The quantitative estimate of drug-likeness (QED) is 0.372. The van der Waals surface area contributed by atoms with Gasteiger partial charge in [0.05, 0.1) is 18.6 Å². The topological polar surface area (TPSA) is 84.9 Å². The first-order chi connectivity index (χ1) is 11.4. The van der Waals surface area contributed by atoms with Gasteiger partial charge in [0.25, 0.3) is 0 Å². The van der Waals surface area contributed by atoms with Crippen LogP contribution in [-0.4, -0.2) is 48.4 Å². The molecule has 6 nitrogen and oxygen atoms in total. The van der Waals surface area contributed by atoms with Gasteiger partial charge in [-0.15, -0.1) is 0 Å². The summed E-state index contributed by atoms with van der Waals surface area (Å²) in [7, 11) is 0. The lowest BCUT2D eigenvalue weighted by Gasteiger charge is -2.20. The van der Waals surface area contributed by atoms with Crippen LogP contribution in [0.4, 0.5) is 0 Å². The summed E-state index contributed by atoms with van der Waals surface area (Å²) in [5.41, 5.74) is 0. The van der Waals surface area contributed by atoms with Crippen LogP contribution in [0.2, 0.25) is 0 Å². The van der Waals surface area contributed by atoms with Crippen LogP contribution in [0.3, 0.4) is 0 Å². The smallest absolute Gasteiger partial charge is 0.324 e. The number of rotatable bonds is 14. The minimum Gasteiger partial charge on any atom is -0.463 e. The fraction of sp³-hybridized carbons (Fsp3) is 0.889. The van der Waals surface area contributed by atoms with E-state index in [1.807, 2.05) is 27.7 Å². The van der Waals surface area contributed by atoms with E-state index in [2.05, 4.69) is 5.32 Å². The number of carbonyl (C=O) groups excluding carboxylic acids is 2. The first kappa shape index (κ1) is 22.9. The third-order valence-corrected chi connectivity index (χ3v) is 3.93. The molecule has 24 heavy (non-hydrogen) atoms. The molecule has 0 aromatic rings. The summed E-state index contributed by atoms with van der Waals surface area (Å²) in [6.45, 7) is 8.39. The summed E-state index contributed by atoms with van der Waals surface area (Å²) in [6.07, 6.45) is 4.74. The summed E-state index contributed by atoms with van der Waals surface area (Å²) in [5.74, 6) is -0.788. The number of hydrogen-bond donors (Lipinski definition) is 2. The highest BCUT2D eigenvalue weighted by molar-refractivity contribution is 5.82. The van der Waals surface area contributed by atoms with Crippen LogP contribution in [0.1, 0.15) is 72.6 Å². The van der Waals surface area contributed by atoms with Crippen LogP contribution in [0.5, 0.6) is 0 Å². The van der Waals surface area contributed by atoms with Gasteiger partial charge < -0.3 is 19.9 Å². The van der Waals surface area contributed by atoms with Crippen LogP contribution in [0.15, 0.2) is 0 Å². The van der Waals surface area contributed by atoms with Gasteiger partial charge in [-0.2, -0.15) is 0 Å². The van der Waals surface area contributed by atoms with Crippen LogP contribution in [0, 0.1) is 0 Å². The van der Waals surface area contributed by atoms with E-state index in [-0.39, 0.29) is 31.2 Å². The highest BCUT2D eigenvalue weighted by Gasteiger charge is 2.25. The van der Waals surface area contributed by atoms with E-state index in [9.17, 15) is 9.59 Å². The largest absolute Gasteiger partial charge is 0.463 e. The first-order valence-electron chi connectivity index (χ1n) is 9.18. The molecular weight excluding hydrogens is 310 g/mol. The molecule has 0 spiro atoms. The van der Waals surface area contributed by atoms with Crippen molar-refractivity contribution in [2.24, 2.45) is 0 Å². The fourth-order valence-electron chi connectivity index (χ4n) is 1.99. The molecule has 3 atom stereocenters. The maximum absolute atomic E-state index is 12.2. The standard InChI is InChI=1S/C18H35NO5/c1-5-14(3)23-17(21)13-16(18(22)24-15(4)6-2)19-11-9-7-8-10-12-20/h14-16,19-20H,5-13H2,1-4H3. The van der Waals surface area contributed by atoms with Crippen LogP contribution >= 0.6 is 0 Å². The normalized spacial score (nSPS) is 14.7. The van der Waals surface area contributed by atoms with Gasteiger partial charge in [-0.25, -0.2) is 0 Å². The van der Waals surface area contributed by atoms with Crippen LogP contribution < -0.4 is 5.32 Å². The lowest BCUT2D eigenvalue weighted by atomic mass is 10.1. The predicted octanol–water partition coefficient (Wildman–Crippen LogP) is 2.57. The first-order valence-corrected chi connectivity index (χ1v) is 9.18. The number of aliphatic hydroxyl groups excluding tert-OH is 1. The molecule has 2 N–H and O–H groups in total. The summed E-state index contributed by atoms with van der Waals surface area (Å²) in [5, 5.41) is 11.9. The van der Waals surface area contributed by atoms with Crippen molar-refractivity contribution in [1.82, 2.24) is 5.32 Å². The van der Waals surface area contributed by atoms with Crippen LogP contribution in [-0.2, 0) is 19.1 Å². The predicted molar refractivity (Wildman–Crippen MR) is 93.7 cm³/mol.